The van der Waals surface area contributed by atoms with E-state index < -0.39 is 0 Å². The minimum atomic E-state index is -0.129. The summed E-state index contributed by atoms with van der Waals surface area (Å²) in [5, 5.41) is 3.51. The minimum absolute atomic E-state index is 0.129. The van der Waals surface area contributed by atoms with Crippen LogP contribution in [0, 0.1) is 11.7 Å². The largest absolute Gasteiger partial charge is 0.314 e. The predicted octanol–water partition coefficient (Wildman–Crippen LogP) is 2.40. The van der Waals surface area contributed by atoms with Crippen LogP contribution in [-0.2, 0) is 6.54 Å². The average molecular weight is 248 g/mol. The summed E-state index contributed by atoms with van der Waals surface area (Å²) in [5.41, 5.74) is 1.34. The van der Waals surface area contributed by atoms with Crippen LogP contribution >= 0.6 is 0 Å². The number of halogens is 1. The highest BCUT2D eigenvalue weighted by Crippen LogP contribution is 2.43. The molecule has 0 bridgehead atoms. The first kappa shape index (κ1) is 12.1. The summed E-state index contributed by atoms with van der Waals surface area (Å²) in [5.74, 6) is 0.689. The van der Waals surface area contributed by atoms with Crippen LogP contribution in [0.5, 0.6) is 0 Å². The van der Waals surface area contributed by atoms with Gasteiger partial charge in [-0.25, -0.2) is 4.39 Å². The van der Waals surface area contributed by atoms with Crippen molar-refractivity contribution in [1.29, 1.82) is 0 Å². The van der Waals surface area contributed by atoms with Crippen LogP contribution < -0.4 is 5.32 Å². The van der Waals surface area contributed by atoms with Crippen molar-refractivity contribution < 1.29 is 4.39 Å². The van der Waals surface area contributed by atoms with Gasteiger partial charge in [0.1, 0.15) is 5.82 Å². The molecule has 0 aromatic heterocycles. The van der Waals surface area contributed by atoms with E-state index in [1.165, 1.54) is 18.9 Å². The highest BCUT2D eigenvalue weighted by Gasteiger charge is 2.46. The van der Waals surface area contributed by atoms with Crippen molar-refractivity contribution >= 4 is 0 Å². The number of nitrogens with one attached hydrogen (secondary N) is 1. The molecule has 1 aromatic carbocycles. The molecule has 3 rings (SSSR count). The van der Waals surface area contributed by atoms with Crippen molar-refractivity contribution in [2.45, 2.75) is 31.8 Å². The molecule has 1 heterocycles. The number of hydrogen-bond acceptors (Lipinski definition) is 2. The maximum absolute atomic E-state index is 13.3. The molecule has 3 heteroatoms. The maximum Gasteiger partial charge on any atom is 0.123 e. The van der Waals surface area contributed by atoms with E-state index in [-0.39, 0.29) is 11.4 Å². The summed E-state index contributed by atoms with van der Waals surface area (Å²) in [6, 6.07) is 7.01. The summed E-state index contributed by atoms with van der Waals surface area (Å²) in [7, 11) is 0. The topological polar surface area (TPSA) is 15.3 Å². The number of hydrogen-bond donors (Lipinski definition) is 1. The van der Waals surface area contributed by atoms with Gasteiger partial charge in [0, 0.05) is 31.7 Å². The Morgan fingerprint density at radius 2 is 2.28 bits per heavy atom. The molecule has 0 radical (unpaired) electrons. The Kier molecular flexibility index (Phi) is 3.12. The second-order valence-corrected chi connectivity index (χ2v) is 5.86. The molecule has 1 aromatic rings. The predicted molar refractivity (Wildman–Crippen MR) is 70.8 cm³/mol. The summed E-state index contributed by atoms with van der Waals surface area (Å²) >= 11 is 0. The Morgan fingerprint density at radius 1 is 1.44 bits per heavy atom. The quantitative estimate of drug-likeness (QED) is 0.883. The lowest BCUT2D eigenvalue weighted by Gasteiger charge is -2.46. The molecule has 2 aliphatic rings. The lowest BCUT2D eigenvalue weighted by Crippen LogP contribution is -2.60. The van der Waals surface area contributed by atoms with Crippen molar-refractivity contribution in [2.75, 3.05) is 19.6 Å². The van der Waals surface area contributed by atoms with E-state index in [1.807, 2.05) is 6.07 Å². The van der Waals surface area contributed by atoms with E-state index in [2.05, 4.69) is 17.1 Å². The van der Waals surface area contributed by atoms with E-state index in [0.717, 1.165) is 37.7 Å². The van der Waals surface area contributed by atoms with Crippen LogP contribution in [-0.4, -0.2) is 30.1 Å². The fourth-order valence-electron chi connectivity index (χ4n) is 3.15. The van der Waals surface area contributed by atoms with Gasteiger partial charge in [0.25, 0.3) is 0 Å². The lowest BCUT2D eigenvalue weighted by atomic mass is 9.90. The molecule has 0 amide bonds. The second-order valence-electron chi connectivity index (χ2n) is 5.86. The third kappa shape index (κ3) is 2.29. The summed E-state index contributed by atoms with van der Waals surface area (Å²) in [4.78, 5) is 2.54. The molecule has 2 nitrogen and oxygen atoms in total. The van der Waals surface area contributed by atoms with Gasteiger partial charge in [0.2, 0.25) is 0 Å². The monoisotopic (exact) mass is 248 g/mol. The molecule has 0 spiro atoms. The van der Waals surface area contributed by atoms with Crippen LogP contribution in [0.3, 0.4) is 0 Å². The average Bonchev–Trinajstić information content (AvgIpc) is 3.17. The van der Waals surface area contributed by atoms with Gasteiger partial charge in [0.15, 0.2) is 0 Å². The number of rotatable bonds is 3. The molecule has 1 aliphatic heterocycles. The van der Waals surface area contributed by atoms with E-state index in [0.29, 0.717) is 0 Å². The first-order valence-electron chi connectivity index (χ1n) is 6.89. The molecule has 2 fully saturated rings. The van der Waals surface area contributed by atoms with Gasteiger partial charge in [-0.05, 0) is 43.4 Å². The molecule has 18 heavy (non-hydrogen) atoms. The number of nitrogens with zero attached hydrogens (tertiary/aromatic N) is 1. The maximum atomic E-state index is 13.3. The Labute approximate surface area is 108 Å². The van der Waals surface area contributed by atoms with Gasteiger partial charge in [-0.1, -0.05) is 12.1 Å². The van der Waals surface area contributed by atoms with E-state index in [4.69, 9.17) is 0 Å². The van der Waals surface area contributed by atoms with Gasteiger partial charge in [-0.3, -0.25) is 4.90 Å². The van der Waals surface area contributed by atoms with Gasteiger partial charge in [0.05, 0.1) is 0 Å². The Balaban J connectivity index is 1.77. The Bertz CT molecular complexity index is 430. The fourth-order valence-corrected chi connectivity index (χ4v) is 3.15. The highest BCUT2D eigenvalue weighted by molar-refractivity contribution is 5.17. The summed E-state index contributed by atoms with van der Waals surface area (Å²) in [6.07, 6.45) is 2.69. The van der Waals surface area contributed by atoms with Gasteiger partial charge >= 0.3 is 0 Å². The SMILES string of the molecule is CC1(C2CC2)CNCCN1Cc1cccc(F)c1. The van der Waals surface area contributed by atoms with E-state index >= 15 is 0 Å². The fraction of sp³-hybridized carbons (Fsp3) is 0.600. The lowest BCUT2D eigenvalue weighted by molar-refractivity contribution is 0.0484. The van der Waals surface area contributed by atoms with Gasteiger partial charge in [-0.2, -0.15) is 0 Å². The van der Waals surface area contributed by atoms with Crippen molar-refractivity contribution in [3.63, 3.8) is 0 Å². The zero-order valence-electron chi connectivity index (χ0n) is 11.0. The van der Waals surface area contributed by atoms with Gasteiger partial charge < -0.3 is 5.32 Å². The molecule has 98 valence electrons. The molecule has 1 unspecified atom stereocenters. The van der Waals surface area contributed by atoms with Crippen molar-refractivity contribution in [3.8, 4) is 0 Å². The molecular formula is C15H21FN2. The van der Waals surface area contributed by atoms with E-state index in [1.54, 1.807) is 12.1 Å². The van der Waals surface area contributed by atoms with Crippen molar-refractivity contribution in [3.05, 3.63) is 35.6 Å². The van der Waals surface area contributed by atoms with Gasteiger partial charge in [-0.15, -0.1) is 0 Å². The molecular weight excluding hydrogens is 227 g/mol. The highest BCUT2D eigenvalue weighted by atomic mass is 19.1. The Hall–Kier alpha value is -0.930. The smallest absolute Gasteiger partial charge is 0.123 e. The van der Waals surface area contributed by atoms with Crippen molar-refractivity contribution in [1.82, 2.24) is 10.2 Å². The summed E-state index contributed by atoms with van der Waals surface area (Å²) in [6.45, 7) is 6.39. The minimum Gasteiger partial charge on any atom is -0.314 e. The normalized spacial score (nSPS) is 29.4. The van der Waals surface area contributed by atoms with Crippen LogP contribution in [0.4, 0.5) is 4.39 Å². The number of piperazine rings is 1. The van der Waals surface area contributed by atoms with E-state index in [9.17, 15) is 4.39 Å². The molecule has 1 saturated carbocycles. The first-order valence-corrected chi connectivity index (χ1v) is 6.89. The first-order chi connectivity index (χ1) is 8.68. The standard InChI is InChI=1S/C15H21FN2/c1-15(13-5-6-13)11-17-7-8-18(15)10-12-3-2-4-14(16)9-12/h2-4,9,13,17H,5-8,10-11H2,1H3. The number of benzene rings is 1. The molecule has 1 N–H and O–H groups in total. The zero-order valence-corrected chi connectivity index (χ0v) is 11.0. The molecule has 1 saturated heterocycles. The zero-order chi connectivity index (χ0) is 12.6. The van der Waals surface area contributed by atoms with Crippen LogP contribution in [0.15, 0.2) is 24.3 Å². The third-order valence-corrected chi connectivity index (χ3v) is 4.48. The van der Waals surface area contributed by atoms with Crippen LogP contribution in [0.1, 0.15) is 25.3 Å². The second kappa shape index (κ2) is 4.63. The van der Waals surface area contributed by atoms with Crippen molar-refractivity contribution in [2.24, 2.45) is 5.92 Å². The third-order valence-electron chi connectivity index (χ3n) is 4.48. The van der Waals surface area contributed by atoms with Crippen LogP contribution in [0.25, 0.3) is 0 Å². The molecule has 1 atom stereocenters. The summed E-state index contributed by atoms with van der Waals surface area (Å²) < 4.78 is 13.3. The molecule has 1 aliphatic carbocycles. The Morgan fingerprint density at radius 3 is 3.00 bits per heavy atom. The van der Waals surface area contributed by atoms with Crippen LogP contribution in [0.2, 0.25) is 0 Å².